The third kappa shape index (κ3) is 4.05. The lowest BCUT2D eigenvalue weighted by Gasteiger charge is -2.09. The minimum atomic E-state index is -2.68. The lowest BCUT2D eigenvalue weighted by atomic mass is 10.1. The number of nitrogens with zero attached hydrogens (tertiary/aromatic N) is 5. The molecule has 0 aliphatic carbocycles. The summed E-state index contributed by atoms with van der Waals surface area (Å²) in [5, 5.41) is 11.5. The number of alkyl halides is 2. The Labute approximate surface area is 171 Å². The Bertz CT molecular complexity index is 1160. The molecule has 0 aliphatic heterocycles. The molecule has 1 N–H and O–H groups in total. The smallest absolute Gasteiger partial charge is 0.264 e. The third-order valence-electron chi connectivity index (χ3n) is 4.73. The molecule has 0 radical (unpaired) electrons. The van der Waals surface area contributed by atoms with Gasteiger partial charge in [0.15, 0.2) is 5.65 Å². The molecule has 9 heteroatoms. The van der Waals surface area contributed by atoms with Gasteiger partial charge in [-0.25, -0.2) is 18.4 Å². The minimum absolute atomic E-state index is 0.114. The van der Waals surface area contributed by atoms with Crippen LogP contribution >= 0.6 is 0 Å². The summed E-state index contributed by atoms with van der Waals surface area (Å²) in [5.74, 6) is -0.280. The Balaban J connectivity index is 1.63. The number of hydrogen-bond donors (Lipinski definition) is 1. The number of carbonyl (C=O) groups is 1. The second-order valence-corrected chi connectivity index (χ2v) is 6.82. The molecule has 154 valence electrons. The van der Waals surface area contributed by atoms with Gasteiger partial charge in [-0.2, -0.15) is 10.2 Å². The molecule has 0 unspecified atom stereocenters. The summed E-state index contributed by atoms with van der Waals surface area (Å²) in [6, 6.07) is 12.3. The van der Waals surface area contributed by atoms with E-state index in [-0.39, 0.29) is 29.0 Å². The number of aromatic nitrogens is 5. The van der Waals surface area contributed by atoms with Crippen molar-refractivity contribution in [1.82, 2.24) is 29.9 Å². The highest BCUT2D eigenvalue weighted by Gasteiger charge is 2.21. The Kier molecular flexibility index (Phi) is 5.51. The predicted octanol–water partition coefficient (Wildman–Crippen LogP) is 3.36. The van der Waals surface area contributed by atoms with Gasteiger partial charge < -0.3 is 5.32 Å². The number of fused-ring (bicyclic) bond motifs is 1. The van der Waals surface area contributed by atoms with E-state index in [0.29, 0.717) is 24.5 Å². The first-order valence-electron chi connectivity index (χ1n) is 9.48. The molecule has 3 heterocycles. The standard InChI is InChI=1S/C21H20F2N6O/c1-14-19-16(20(22)23)12-17(15-6-3-2-4-7-15)26-21(19)29(27-14)13-18(30)24-9-11-28-10-5-8-25-28/h2-8,10,12,20H,9,11,13H2,1H3,(H,24,30). The van der Waals surface area contributed by atoms with Gasteiger partial charge in [-0.1, -0.05) is 30.3 Å². The van der Waals surface area contributed by atoms with Crippen molar-refractivity contribution in [3.05, 3.63) is 66.1 Å². The second-order valence-electron chi connectivity index (χ2n) is 6.82. The van der Waals surface area contributed by atoms with E-state index in [1.54, 1.807) is 42.2 Å². The molecule has 3 aromatic heterocycles. The van der Waals surface area contributed by atoms with Crippen LogP contribution in [0.3, 0.4) is 0 Å². The van der Waals surface area contributed by atoms with Crippen LogP contribution in [0.15, 0.2) is 54.9 Å². The van der Waals surface area contributed by atoms with Gasteiger partial charge in [0.25, 0.3) is 6.43 Å². The molecule has 4 aromatic rings. The molecular weight excluding hydrogens is 390 g/mol. The van der Waals surface area contributed by atoms with Gasteiger partial charge >= 0.3 is 0 Å². The van der Waals surface area contributed by atoms with Crippen LogP contribution in [0.1, 0.15) is 17.7 Å². The first-order valence-corrected chi connectivity index (χ1v) is 9.48. The third-order valence-corrected chi connectivity index (χ3v) is 4.73. The van der Waals surface area contributed by atoms with Gasteiger partial charge in [-0.3, -0.25) is 9.48 Å². The zero-order valence-electron chi connectivity index (χ0n) is 16.3. The van der Waals surface area contributed by atoms with Crippen molar-refractivity contribution in [2.75, 3.05) is 6.54 Å². The monoisotopic (exact) mass is 410 g/mol. The van der Waals surface area contributed by atoms with E-state index >= 15 is 0 Å². The van der Waals surface area contributed by atoms with E-state index in [1.807, 2.05) is 18.2 Å². The first-order chi connectivity index (χ1) is 14.5. The number of halogens is 2. The highest BCUT2D eigenvalue weighted by molar-refractivity contribution is 5.87. The summed E-state index contributed by atoms with van der Waals surface area (Å²) in [6.45, 7) is 2.45. The van der Waals surface area contributed by atoms with E-state index < -0.39 is 6.43 Å². The summed E-state index contributed by atoms with van der Waals surface area (Å²) in [7, 11) is 0. The summed E-state index contributed by atoms with van der Waals surface area (Å²) in [5.41, 5.74) is 1.68. The van der Waals surface area contributed by atoms with Crippen LogP contribution in [0.4, 0.5) is 8.78 Å². The lowest BCUT2D eigenvalue weighted by Crippen LogP contribution is -2.31. The molecular formula is C21H20F2N6O. The molecule has 0 saturated heterocycles. The van der Waals surface area contributed by atoms with Crippen molar-refractivity contribution in [2.24, 2.45) is 0 Å². The number of rotatable bonds is 7. The van der Waals surface area contributed by atoms with Gasteiger partial charge in [-0.15, -0.1) is 0 Å². The Hall–Kier alpha value is -3.62. The predicted molar refractivity (Wildman–Crippen MR) is 108 cm³/mol. The lowest BCUT2D eigenvalue weighted by molar-refractivity contribution is -0.121. The summed E-state index contributed by atoms with van der Waals surface area (Å²) in [4.78, 5) is 16.9. The van der Waals surface area contributed by atoms with Crippen LogP contribution in [0.25, 0.3) is 22.3 Å². The summed E-state index contributed by atoms with van der Waals surface area (Å²) in [6.07, 6.45) is 0.784. The number of amides is 1. The average Bonchev–Trinajstić information content (AvgIpc) is 3.36. The Morgan fingerprint density at radius 1 is 1.20 bits per heavy atom. The zero-order chi connectivity index (χ0) is 21.1. The van der Waals surface area contributed by atoms with Gasteiger partial charge in [-0.05, 0) is 19.1 Å². The fourth-order valence-electron chi connectivity index (χ4n) is 3.36. The van der Waals surface area contributed by atoms with E-state index in [4.69, 9.17) is 0 Å². The topological polar surface area (TPSA) is 77.6 Å². The van der Waals surface area contributed by atoms with E-state index in [9.17, 15) is 13.6 Å². The molecule has 0 fully saturated rings. The van der Waals surface area contributed by atoms with Gasteiger partial charge in [0, 0.05) is 30.1 Å². The van der Waals surface area contributed by atoms with Crippen molar-refractivity contribution in [3.8, 4) is 11.3 Å². The molecule has 1 amide bonds. The minimum Gasteiger partial charge on any atom is -0.353 e. The van der Waals surface area contributed by atoms with Crippen LogP contribution in [0.5, 0.6) is 0 Å². The molecule has 1 aromatic carbocycles. The highest BCUT2D eigenvalue weighted by Crippen LogP contribution is 2.32. The fourth-order valence-corrected chi connectivity index (χ4v) is 3.36. The molecule has 0 spiro atoms. The maximum absolute atomic E-state index is 13.8. The average molecular weight is 410 g/mol. The summed E-state index contributed by atoms with van der Waals surface area (Å²) >= 11 is 0. The van der Waals surface area contributed by atoms with Crippen molar-refractivity contribution in [3.63, 3.8) is 0 Å². The SMILES string of the molecule is Cc1nn(CC(=O)NCCn2cccn2)c2nc(-c3ccccc3)cc(C(F)F)c12. The van der Waals surface area contributed by atoms with Crippen molar-refractivity contribution >= 4 is 16.9 Å². The normalized spacial score (nSPS) is 11.3. The van der Waals surface area contributed by atoms with Crippen LogP contribution in [0.2, 0.25) is 0 Å². The van der Waals surface area contributed by atoms with Crippen molar-refractivity contribution < 1.29 is 13.6 Å². The van der Waals surface area contributed by atoms with Crippen molar-refractivity contribution in [2.45, 2.75) is 26.4 Å². The molecule has 7 nitrogen and oxygen atoms in total. The van der Waals surface area contributed by atoms with Gasteiger partial charge in [0.1, 0.15) is 6.54 Å². The largest absolute Gasteiger partial charge is 0.353 e. The van der Waals surface area contributed by atoms with Crippen LogP contribution in [-0.4, -0.2) is 37.0 Å². The maximum Gasteiger partial charge on any atom is 0.264 e. The first kappa shape index (κ1) is 19.7. The number of aryl methyl sites for hydroxylation is 1. The molecule has 0 bridgehead atoms. The maximum atomic E-state index is 13.8. The number of benzene rings is 1. The second kappa shape index (κ2) is 8.40. The molecule has 0 atom stereocenters. The molecule has 0 saturated carbocycles. The van der Waals surface area contributed by atoms with Gasteiger partial charge in [0.2, 0.25) is 5.91 Å². The zero-order valence-corrected chi connectivity index (χ0v) is 16.3. The van der Waals surface area contributed by atoms with Crippen molar-refractivity contribution in [1.29, 1.82) is 0 Å². The number of hydrogen-bond acceptors (Lipinski definition) is 4. The van der Waals surface area contributed by atoms with Gasteiger partial charge in [0.05, 0.1) is 23.3 Å². The quantitative estimate of drug-likeness (QED) is 0.507. The number of nitrogens with one attached hydrogen (secondary N) is 1. The molecule has 30 heavy (non-hydrogen) atoms. The molecule has 4 rings (SSSR count). The Morgan fingerprint density at radius 2 is 2.00 bits per heavy atom. The van der Waals surface area contributed by atoms with Crippen LogP contribution < -0.4 is 5.32 Å². The summed E-state index contributed by atoms with van der Waals surface area (Å²) < 4.78 is 30.7. The van der Waals surface area contributed by atoms with E-state index in [1.165, 1.54) is 10.7 Å². The van der Waals surface area contributed by atoms with E-state index in [0.717, 1.165) is 5.56 Å². The molecule has 0 aliphatic rings. The van der Waals surface area contributed by atoms with E-state index in [2.05, 4.69) is 20.5 Å². The number of pyridine rings is 1. The Morgan fingerprint density at radius 3 is 2.70 bits per heavy atom. The number of carbonyl (C=O) groups excluding carboxylic acids is 1. The van der Waals surface area contributed by atoms with Crippen LogP contribution in [0, 0.1) is 6.92 Å². The fraction of sp³-hybridized carbons (Fsp3) is 0.238. The van der Waals surface area contributed by atoms with Crippen LogP contribution in [-0.2, 0) is 17.9 Å². The highest BCUT2D eigenvalue weighted by atomic mass is 19.3.